The lowest BCUT2D eigenvalue weighted by atomic mass is 10.1. The summed E-state index contributed by atoms with van der Waals surface area (Å²) >= 11 is 3.07. The van der Waals surface area contributed by atoms with E-state index in [0.717, 1.165) is 13.2 Å². The van der Waals surface area contributed by atoms with Gasteiger partial charge in [-0.05, 0) is 17.7 Å². The van der Waals surface area contributed by atoms with Crippen molar-refractivity contribution in [3.05, 3.63) is 29.1 Å². The van der Waals surface area contributed by atoms with Crippen molar-refractivity contribution in [2.75, 3.05) is 7.11 Å². The Morgan fingerprint density at radius 3 is 2.59 bits per heavy atom. The van der Waals surface area contributed by atoms with Gasteiger partial charge in [-0.3, -0.25) is 0 Å². The molecule has 1 aromatic carbocycles. The molecule has 0 N–H and O–H groups in total. The van der Waals surface area contributed by atoms with Crippen LogP contribution in [0.3, 0.4) is 0 Å². The van der Waals surface area contributed by atoms with Gasteiger partial charge in [0.25, 0.3) is 0 Å². The van der Waals surface area contributed by atoms with Gasteiger partial charge in [0.05, 0.1) is 12.7 Å². The molecule has 0 fully saturated rings. The highest BCUT2D eigenvalue weighted by atomic mass is 79.9. The summed E-state index contributed by atoms with van der Waals surface area (Å²) in [5, 5.41) is 0.261. The van der Waals surface area contributed by atoms with E-state index >= 15 is 0 Å². The lowest BCUT2D eigenvalue weighted by Gasteiger charge is -2.10. The number of hydrogen-bond acceptors (Lipinski definition) is 3. The van der Waals surface area contributed by atoms with E-state index in [-0.39, 0.29) is 5.33 Å². The van der Waals surface area contributed by atoms with Crippen molar-refractivity contribution < 1.29 is 27.4 Å². The number of rotatable bonds is 4. The maximum Gasteiger partial charge on any atom is 0.387 e. The number of halogens is 4. The third-order valence-electron chi connectivity index (χ3n) is 1.87. The van der Waals surface area contributed by atoms with Gasteiger partial charge in [0.1, 0.15) is 0 Å². The third kappa shape index (κ3) is 3.36. The van der Waals surface area contributed by atoms with Gasteiger partial charge >= 0.3 is 12.6 Å². The van der Waals surface area contributed by atoms with E-state index in [1.54, 1.807) is 0 Å². The Morgan fingerprint density at radius 1 is 1.47 bits per heavy atom. The number of benzene rings is 1. The molecule has 94 valence electrons. The molecule has 17 heavy (non-hydrogen) atoms. The highest BCUT2D eigenvalue weighted by Gasteiger charge is 2.20. The van der Waals surface area contributed by atoms with Gasteiger partial charge in [0.15, 0.2) is 11.6 Å². The summed E-state index contributed by atoms with van der Waals surface area (Å²) in [4.78, 5) is 11.2. The molecule has 0 aliphatic carbocycles. The lowest BCUT2D eigenvalue weighted by Crippen LogP contribution is -2.10. The van der Waals surface area contributed by atoms with Gasteiger partial charge in [0.2, 0.25) is 0 Å². The normalized spacial score (nSPS) is 10.5. The Kier molecular flexibility index (Phi) is 4.80. The summed E-state index contributed by atoms with van der Waals surface area (Å²) in [6, 6.07) is 2.29. The Bertz CT molecular complexity index is 424. The summed E-state index contributed by atoms with van der Waals surface area (Å²) in [6.07, 6.45) is 0. The van der Waals surface area contributed by atoms with Crippen molar-refractivity contribution in [3.8, 4) is 5.75 Å². The van der Waals surface area contributed by atoms with Gasteiger partial charge in [-0.25, -0.2) is 9.18 Å². The minimum atomic E-state index is -3.17. The topological polar surface area (TPSA) is 35.5 Å². The van der Waals surface area contributed by atoms with Gasteiger partial charge in [-0.1, -0.05) is 15.9 Å². The molecule has 0 aliphatic heterocycles. The van der Waals surface area contributed by atoms with Crippen molar-refractivity contribution >= 4 is 21.9 Å². The van der Waals surface area contributed by atoms with Crippen LogP contribution >= 0.6 is 15.9 Å². The molecule has 0 aliphatic rings. The summed E-state index contributed by atoms with van der Waals surface area (Å²) in [5.74, 6) is -2.80. The van der Waals surface area contributed by atoms with E-state index < -0.39 is 29.7 Å². The van der Waals surface area contributed by atoms with Crippen LogP contribution in [0.5, 0.6) is 5.75 Å². The highest BCUT2D eigenvalue weighted by Crippen LogP contribution is 2.26. The van der Waals surface area contributed by atoms with Crippen molar-refractivity contribution in [3.63, 3.8) is 0 Å². The van der Waals surface area contributed by atoms with Crippen LogP contribution in [0.4, 0.5) is 13.2 Å². The fraction of sp³-hybridized carbons (Fsp3) is 0.300. The summed E-state index contributed by atoms with van der Waals surface area (Å²) in [6.45, 7) is -3.17. The minimum absolute atomic E-state index is 0.261. The molecule has 0 unspecified atom stereocenters. The van der Waals surface area contributed by atoms with Gasteiger partial charge in [-0.2, -0.15) is 8.78 Å². The van der Waals surface area contributed by atoms with E-state index in [1.165, 1.54) is 6.07 Å². The number of ether oxygens (including phenoxy) is 2. The SMILES string of the molecule is COC(=O)c1cc(CBr)cc(OC(F)F)c1F. The Labute approximate surface area is 104 Å². The second-order valence-electron chi connectivity index (χ2n) is 2.96. The average molecular weight is 313 g/mol. The minimum Gasteiger partial charge on any atom is -0.465 e. The highest BCUT2D eigenvalue weighted by molar-refractivity contribution is 9.08. The van der Waals surface area contributed by atoms with Crippen molar-refractivity contribution in [1.82, 2.24) is 0 Å². The zero-order valence-electron chi connectivity index (χ0n) is 8.68. The quantitative estimate of drug-likeness (QED) is 0.633. The van der Waals surface area contributed by atoms with Crippen LogP contribution in [0.25, 0.3) is 0 Å². The van der Waals surface area contributed by atoms with Gasteiger partial charge < -0.3 is 9.47 Å². The molecule has 0 atom stereocenters. The van der Waals surface area contributed by atoms with Gasteiger partial charge in [-0.15, -0.1) is 0 Å². The zero-order valence-corrected chi connectivity index (χ0v) is 10.3. The lowest BCUT2D eigenvalue weighted by molar-refractivity contribution is -0.0523. The first-order valence-corrected chi connectivity index (χ1v) is 5.53. The van der Waals surface area contributed by atoms with Crippen LogP contribution in [0, 0.1) is 5.82 Å². The molecular weight excluding hydrogens is 305 g/mol. The van der Waals surface area contributed by atoms with Crippen molar-refractivity contribution in [1.29, 1.82) is 0 Å². The fourth-order valence-electron chi connectivity index (χ4n) is 1.17. The summed E-state index contributed by atoms with van der Waals surface area (Å²) in [5.41, 5.74) is -0.0254. The van der Waals surface area contributed by atoms with Crippen molar-refractivity contribution in [2.45, 2.75) is 11.9 Å². The molecule has 0 amide bonds. The molecule has 7 heteroatoms. The van der Waals surface area contributed by atoms with Crippen LogP contribution < -0.4 is 4.74 Å². The molecule has 3 nitrogen and oxygen atoms in total. The second kappa shape index (κ2) is 5.90. The number of alkyl halides is 3. The zero-order chi connectivity index (χ0) is 13.0. The second-order valence-corrected chi connectivity index (χ2v) is 3.52. The third-order valence-corrected chi connectivity index (χ3v) is 2.52. The number of carbonyl (C=O) groups excluding carboxylic acids is 1. The van der Waals surface area contributed by atoms with E-state index in [2.05, 4.69) is 25.4 Å². The predicted octanol–water partition coefficient (Wildman–Crippen LogP) is 3.11. The molecule has 0 saturated carbocycles. The predicted molar refractivity (Wildman–Crippen MR) is 57.0 cm³/mol. The summed E-state index contributed by atoms with van der Waals surface area (Å²) < 4.78 is 46.0. The monoisotopic (exact) mass is 312 g/mol. The summed E-state index contributed by atoms with van der Waals surface area (Å²) in [7, 11) is 1.07. The largest absolute Gasteiger partial charge is 0.465 e. The maximum absolute atomic E-state index is 13.6. The molecule has 0 aromatic heterocycles. The average Bonchev–Trinajstić information content (AvgIpc) is 2.30. The number of esters is 1. The number of methoxy groups -OCH3 is 1. The van der Waals surface area contributed by atoms with Crippen LogP contribution in [0.2, 0.25) is 0 Å². The number of hydrogen-bond donors (Lipinski definition) is 0. The van der Waals surface area contributed by atoms with Crippen LogP contribution in [-0.2, 0) is 10.1 Å². The smallest absolute Gasteiger partial charge is 0.387 e. The van der Waals surface area contributed by atoms with Crippen LogP contribution in [0.15, 0.2) is 12.1 Å². The Balaban J connectivity index is 3.25. The van der Waals surface area contributed by atoms with Gasteiger partial charge in [0, 0.05) is 5.33 Å². The molecule has 0 bridgehead atoms. The maximum atomic E-state index is 13.6. The van der Waals surface area contributed by atoms with E-state index in [1.807, 2.05) is 0 Å². The molecule has 1 aromatic rings. The molecule has 0 spiro atoms. The van der Waals surface area contributed by atoms with Crippen LogP contribution in [0.1, 0.15) is 15.9 Å². The molecule has 0 heterocycles. The molecular formula is C10H8BrF3O3. The van der Waals surface area contributed by atoms with E-state index in [4.69, 9.17) is 0 Å². The fourth-order valence-corrected chi connectivity index (χ4v) is 1.50. The first-order chi connectivity index (χ1) is 7.99. The first kappa shape index (κ1) is 13.8. The van der Waals surface area contributed by atoms with E-state index in [9.17, 15) is 18.0 Å². The molecule has 1 rings (SSSR count). The Hall–Kier alpha value is -1.24. The van der Waals surface area contributed by atoms with Crippen LogP contribution in [-0.4, -0.2) is 19.7 Å². The van der Waals surface area contributed by atoms with E-state index in [0.29, 0.717) is 5.56 Å². The Morgan fingerprint density at radius 2 is 2.12 bits per heavy atom. The first-order valence-electron chi connectivity index (χ1n) is 4.41. The standard InChI is InChI=1S/C10H8BrF3O3/c1-16-9(15)6-2-5(4-11)3-7(8(6)12)17-10(13)14/h2-3,10H,4H2,1H3. The molecule has 0 saturated heterocycles. The van der Waals surface area contributed by atoms with Crippen molar-refractivity contribution in [2.24, 2.45) is 0 Å². The number of carbonyl (C=O) groups is 1. The molecule has 0 radical (unpaired) electrons.